The van der Waals surface area contributed by atoms with E-state index in [1.165, 1.54) is 0 Å². The number of rotatable bonds is 7. The average Bonchev–Trinajstić information content (AvgIpc) is 2.36. The first-order valence-corrected chi connectivity index (χ1v) is 6.83. The van der Waals surface area contributed by atoms with Crippen LogP contribution >= 0.6 is 0 Å². The standard InChI is InChI=1S/C13H28N2O3/c1-10(2)18-9-12(16)8-15-5-4-13(17-3)6-11(15)7-14/h10-13,16H,4-9,14H2,1-3H3. The molecule has 0 saturated carbocycles. The summed E-state index contributed by atoms with van der Waals surface area (Å²) in [4.78, 5) is 2.25. The maximum atomic E-state index is 9.95. The molecule has 18 heavy (non-hydrogen) atoms. The Morgan fingerprint density at radius 2 is 2.17 bits per heavy atom. The molecule has 0 spiro atoms. The van der Waals surface area contributed by atoms with Gasteiger partial charge in [0.2, 0.25) is 0 Å². The molecule has 1 aliphatic heterocycles. The third-order valence-electron chi connectivity index (χ3n) is 3.46. The molecule has 3 atom stereocenters. The summed E-state index contributed by atoms with van der Waals surface area (Å²) >= 11 is 0. The first kappa shape index (κ1) is 15.9. The van der Waals surface area contributed by atoms with E-state index in [0.29, 0.717) is 31.8 Å². The van der Waals surface area contributed by atoms with Gasteiger partial charge < -0.3 is 20.3 Å². The number of piperidine rings is 1. The summed E-state index contributed by atoms with van der Waals surface area (Å²) in [6.45, 7) is 6.50. The minimum Gasteiger partial charge on any atom is -0.389 e. The zero-order valence-corrected chi connectivity index (χ0v) is 11.8. The van der Waals surface area contributed by atoms with Gasteiger partial charge in [-0.3, -0.25) is 4.90 Å². The second-order valence-electron chi connectivity index (χ2n) is 5.30. The lowest BCUT2D eigenvalue weighted by Crippen LogP contribution is -2.51. The third-order valence-corrected chi connectivity index (χ3v) is 3.46. The van der Waals surface area contributed by atoms with Crippen molar-refractivity contribution in [2.45, 2.75) is 51.0 Å². The van der Waals surface area contributed by atoms with E-state index >= 15 is 0 Å². The first-order chi connectivity index (χ1) is 8.56. The highest BCUT2D eigenvalue weighted by molar-refractivity contribution is 4.84. The number of ether oxygens (including phenoxy) is 2. The van der Waals surface area contributed by atoms with E-state index in [0.717, 1.165) is 19.4 Å². The van der Waals surface area contributed by atoms with Crippen molar-refractivity contribution in [2.24, 2.45) is 5.73 Å². The van der Waals surface area contributed by atoms with Crippen LogP contribution in [0.2, 0.25) is 0 Å². The fraction of sp³-hybridized carbons (Fsp3) is 1.00. The molecule has 1 heterocycles. The van der Waals surface area contributed by atoms with Crippen LogP contribution < -0.4 is 5.73 Å². The second-order valence-corrected chi connectivity index (χ2v) is 5.30. The number of hydrogen-bond acceptors (Lipinski definition) is 5. The van der Waals surface area contributed by atoms with E-state index in [2.05, 4.69) is 4.90 Å². The highest BCUT2D eigenvalue weighted by Crippen LogP contribution is 2.19. The number of aliphatic hydroxyl groups is 1. The van der Waals surface area contributed by atoms with E-state index in [1.807, 2.05) is 13.8 Å². The van der Waals surface area contributed by atoms with E-state index in [1.54, 1.807) is 7.11 Å². The molecule has 0 radical (unpaired) electrons. The van der Waals surface area contributed by atoms with Crippen LogP contribution in [0.15, 0.2) is 0 Å². The maximum Gasteiger partial charge on any atom is 0.0900 e. The van der Waals surface area contributed by atoms with Gasteiger partial charge >= 0.3 is 0 Å². The topological polar surface area (TPSA) is 68.0 Å². The smallest absolute Gasteiger partial charge is 0.0900 e. The van der Waals surface area contributed by atoms with E-state index in [-0.39, 0.29) is 6.10 Å². The van der Waals surface area contributed by atoms with Crippen molar-refractivity contribution in [2.75, 3.05) is 33.4 Å². The van der Waals surface area contributed by atoms with Crippen molar-refractivity contribution in [1.82, 2.24) is 4.90 Å². The summed E-state index contributed by atoms with van der Waals surface area (Å²) in [7, 11) is 1.75. The zero-order chi connectivity index (χ0) is 13.5. The van der Waals surface area contributed by atoms with Crippen LogP contribution in [0.4, 0.5) is 0 Å². The SMILES string of the molecule is COC1CCN(CC(O)COC(C)C)C(CN)C1. The molecule has 1 saturated heterocycles. The molecule has 5 nitrogen and oxygen atoms in total. The molecular weight excluding hydrogens is 232 g/mol. The number of nitrogens with zero attached hydrogens (tertiary/aromatic N) is 1. The Bertz CT molecular complexity index is 226. The highest BCUT2D eigenvalue weighted by Gasteiger charge is 2.28. The zero-order valence-electron chi connectivity index (χ0n) is 11.8. The molecule has 0 bridgehead atoms. The normalized spacial score (nSPS) is 27.7. The Labute approximate surface area is 110 Å². The minimum absolute atomic E-state index is 0.157. The van der Waals surface area contributed by atoms with Crippen LogP contribution in [-0.4, -0.2) is 67.7 Å². The van der Waals surface area contributed by atoms with Crippen molar-refractivity contribution >= 4 is 0 Å². The number of nitrogens with two attached hydrogens (primary N) is 1. The quantitative estimate of drug-likeness (QED) is 0.685. The summed E-state index contributed by atoms with van der Waals surface area (Å²) in [6, 6.07) is 0.303. The number of likely N-dealkylation sites (tertiary alicyclic amines) is 1. The molecule has 1 rings (SSSR count). The third kappa shape index (κ3) is 5.20. The molecular formula is C13H28N2O3. The van der Waals surface area contributed by atoms with Crippen LogP contribution in [-0.2, 0) is 9.47 Å². The Kier molecular flexibility index (Phi) is 7.11. The van der Waals surface area contributed by atoms with Gasteiger partial charge in [-0.2, -0.15) is 0 Å². The predicted octanol–water partition coefficient (Wildman–Crippen LogP) is 0.210. The molecule has 5 heteroatoms. The Morgan fingerprint density at radius 3 is 2.72 bits per heavy atom. The van der Waals surface area contributed by atoms with Gasteiger partial charge in [-0.15, -0.1) is 0 Å². The molecule has 0 aromatic heterocycles. The molecule has 1 aliphatic rings. The molecule has 0 aliphatic carbocycles. The molecule has 0 aromatic carbocycles. The lowest BCUT2D eigenvalue weighted by molar-refractivity contribution is -0.0354. The Balaban J connectivity index is 2.35. The summed E-state index contributed by atoms with van der Waals surface area (Å²) < 4.78 is 10.8. The molecule has 0 amide bonds. The summed E-state index contributed by atoms with van der Waals surface area (Å²) in [5.74, 6) is 0. The Hall–Kier alpha value is -0.200. The molecule has 108 valence electrons. The van der Waals surface area contributed by atoms with Gasteiger partial charge in [-0.05, 0) is 26.7 Å². The summed E-state index contributed by atoms with van der Waals surface area (Å²) in [5.41, 5.74) is 5.80. The summed E-state index contributed by atoms with van der Waals surface area (Å²) in [5, 5.41) is 9.95. The largest absolute Gasteiger partial charge is 0.389 e. The maximum absolute atomic E-state index is 9.95. The van der Waals surface area contributed by atoms with Crippen LogP contribution in [0.3, 0.4) is 0 Å². The fourth-order valence-electron chi connectivity index (χ4n) is 2.39. The average molecular weight is 260 g/mol. The van der Waals surface area contributed by atoms with E-state index in [4.69, 9.17) is 15.2 Å². The Morgan fingerprint density at radius 1 is 1.44 bits per heavy atom. The molecule has 3 unspecified atom stereocenters. The molecule has 3 N–H and O–H groups in total. The van der Waals surface area contributed by atoms with Gasteiger partial charge in [-0.25, -0.2) is 0 Å². The van der Waals surface area contributed by atoms with Crippen molar-refractivity contribution < 1.29 is 14.6 Å². The van der Waals surface area contributed by atoms with Crippen LogP contribution in [0.1, 0.15) is 26.7 Å². The number of aliphatic hydroxyl groups excluding tert-OH is 1. The van der Waals surface area contributed by atoms with Crippen LogP contribution in [0.5, 0.6) is 0 Å². The molecule has 1 fully saturated rings. The monoisotopic (exact) mass is 260 g/mol. The van der Waals surface area contributed by atoms with Crippen LogP contribution in [0.25, 0.3) is 0 Å². The van der Waals surface area contributed by atoms with Gasteiger partial charge in [0.25, 0.3) is 0 Å². The minimum atomic E-state index is -0.444. The predicted molar refractivity (Wildman–Crippen MR) is 71.5 cm³/mol. The van der Waals surface area contributed by atoms with Crippen molar-refractivity contribution in [3.8, 4) is 0 Å². The van der Waals surface area contributed by atoms with Gasteiger partial charge in [0.1, 0.15) is 0 Å². The second kappa shape index (κ2) is 8.07. The lowest BCUT2D eigenvalue weighted by Gasteiger charge is -2.39. The van der Waals surface area contributed by atoms with Crippen molar-refractivity contribution in [1.29, 1.82) is 0 Å². The van der Waals surface area contributed by atoms with E-state index < -0.39 is 6.10 Å². The van der Waals surface area contributed by atoms with Crippen LogP contribution in [0, 0.1) is 0 Å². The van der Waals surface area contributed by atoms with Crippen molar-refractivity contribution in [3.05, 3.63) is 0 Å². The van der Waals surface area contributed by atoms with Gasteiger partial charge in [0.15, 0.2) is 0 Å². The van der Waals surface area contributed by atoms with Gasteiger partial charge in [0.05, 0.1) is 24.9 Å². The fourth-order valence-corrected chi connectivity index (χ4v) is 2.39. The number of β-amino-alcohol motifs (C(OH)–C–C–N with tert-alkyl or cyclic N) is 1. The number of methoxy groups -OCH3 is 1. The highest BCUT2D eigenvalue weighted by atomic mass is 16.5. The first-order valence-electron chi connectivity index (χ1n) is 6.83. The molecule has 0 aromatic rings. The lowest BCUT2D eigenvalue weighted by atomic mass is 9.99. The van der Waals surface area contributed by atoms with Gasteiger partial charge in [-0.1, -0.05) is 0 Å². The number of hydrogen-bond donors (Lipinski definition) is 2. The van der Waals surface area contributed by atoms with Gasteiger partial charge in [0, 0.05) is 32.8 Å². The van der Waals surface area contributed by atoms with Crippen molar-refractivity contribution in [3.63, 3.8) is 0 Å². The van der Waals surface area contributed by atoms with E-state index in [9.17, 15) is 5.11 Å². The summed E-state index contributed by atoms with van der Waals surface area (Å²) in [6.07, 6.45) is 1.97.